The molecule has 2 fully saturated rings. The molecule has 4 heterocycles. The number of nitrogens with one attached hydrogen (secondary N) is 1. The highest BCUT2D eigenvalue weighted by molar-refractivity contribution is 5.77. The first-order valence-corrected chi connectivity index (χ1v) is 9.67. The van der Waals surface area contributed by atoms with Gasteiger partial charge in [0.2, 0.25) is 5.91 Å². The zero-order valence-corrected chi connectivity index (χ0v) is 16.1. The van der Waals surface area contributed by atoms with Gasteiger partial charge in [-0.3, -0.25) is 24.8 Å². The zero-order chi connectivity index (χ0) is 18.9. The lowest BCUT2D eigenvalue weighted by Gasteiger charge is -2.47. The van der Waals surface area contributed by atoms with Crippen LogP contribution in [0, 0.1) is 19.3 Å². The minimum atomic E-state index is 0.234. The highest BCUT2D eigenvalue weighted by Crippen LogP contribution is 2.40. The van der Waals surface area contributed by atoms with E-state index in [1.165, 1.54) is 0 Å². The minimum Gasteiger partial charge on any atom is -0.336 e. The van der Waals surface area contributed by atoms with Gasteiger partial charge in [-0.15, -0.1) is 0 Å². The second-order valence-electron chi connectivity index (χ2n) is 8.01. The predicted molar refractivity (Wildman–Crippen MR) is 99.5 cm³/mol. The van der Waals surface area contributed by atoms with Gasteiger partial charge in [0, 0.05) is 19.2 Å². The molecule has 0 saturated carbocycles. The van der Waals surface area contributed by atoms with Crippen molar-refractivity contribution in [3.8, 4) is 0 Å². The van der Waals surface area contributed by atoms with Gasteiger partial charge < -0.3 is 4.90 Å². The van der Waals surface area contributed by atoms with Gasteiger partial charge >= 0.3 is 0 Å². The van der Waals surface area contributed by atoms with E-state index in [0.717, 1.165) is 68.5 Å². The molecule has 0 atom stereocenters. The number of piperidine rings is 2. The zero-order valence-electron chi connectivity index (χ0n) is 16.1. The Hall–Kier alpha value is -2.35. The van der Waals surface area contributed by atoms with Crippen LogP contribution in [0.2, 0.25) is 0 Å². The Morgan fingerprint density at radius 1 is 1.11 bits per heavy atom. The summed E-state index contributed by atoms with van der Waals surface area (Å²) in [5.74, 6) is 1.96. The number of aromatic amines is 1. The van der Waals surface area contributed by atoms with E-state index >= 15 is 0 Å². The Kier molecular flexibility index (Phi) is 4.90. The van der Waals surface area contributed by atoms with Crippen LogP contribution in [0.15, 0.2) is 12.4 Å². The van der Waals surface area contributed by atoms with E-state index in [4.69, 9.17) is 0 Å². The second-order valence-corrected chi connectivity index (χ2v) is 8.01. The van der Waals surface area contributed by atoms with E-state index in [-0.39, 0.29) is 11.3 Å². The Morgan fingerprint density at radius 2 is 1.93 bits per heavy atom. The Bertz CT molecular complexity index is 793. The third-order valence-electron chi connectivity index (χ3n) is 5.86. The highest BCUT2D eigenvalue weighted by atomic mass is 16.2. The molecule has 8 heteroatoms. The Labute approximate surface area is 159 Å². The van der Waals surface area contributed by atoms with Crippen LogP contribution in [-0.2, 0) is 17.9 Å². The summed E-state index contributed by atoms with van der Waals surface area (Å²) in [6.45, 7) is 8.09. The number of carbonyl (C=O) groups is 1. The minimum absolute atomic E-state index is 0.234. The fraction of sp³-hybridized carbons (Fsp3) is 0.632. The largest absolute Gasteiger partial charge is 0.336 e. The molecule has 8 nitrogen and oxygen atoms in total. The fourth-order valence-corrected chi connectivity index (χ4v) is 4.20. The normalized spacial score (nSPS) is 20.4. The van der Waals surface area contributed by atoms with Gasteiger partial charge in [0.05, 0.1) is 30.7 Å². The van der Waals surface area contributed by atoms with Gasteiger partial charge in [-0.2, -0.15) is 5.10 Å². The molecule has 2 aliphatic rings. The van der Waals surface area contributed by atoms with Gasteiger partial charge in [0.25, 0.3) is 0 Å². The summed E-state index contributed by atoms with van der Waals surface area (Å²) in [5.41, 5.74) is 2.00. The lowest BCUT2D eigenvalue weighted by atomic mass is 9.72. The predicted octanol–water partition coefficient (Wildman–Crippen LogP) is 1.62. The molecule has 2 aromatic heterocycles. The van der Waals surface area contributed by atoms with Crippen LogP contribution in [0.3, 0.4) is 0 Å². The molecule has 1 N–H and O–H groups in total. The number of aromatic nitrogens is 5. The van der Waals surface area contributed by atoms with Crippen molar-refractivity contribution >= 4 is 5.91 Å². The van der Waals surface area contributed by atoms with Crippen molar-refractivity contribution < 1.29 is 4.79 Å². The van der Waals surface area contributed by atoms with E-state index < -0.39 is 0 Å². The van der Waals surface area contributed by atoms with Gasteiger partial charge in [-0.05, 0) is 51.6 Å². The maximum Gasteiger partial charge on any atom is 0.222 e. The number of likely N-dealkylation sites (tertiary alicyclic amines) is 2. The number of amides is 1. The summed E-state index contributed by atoms with van der Waals surface area (Å²) in [5, 5.41) is 7.15. The van der Waals surface area contributed by atoms with E-state index in [1.54, 1.807) is 12.4 Å². The molecular weight excluding hydrogens is 342 g/mol. The standard InChI is InChI=1S/C19H27N7O/c1-14-9-21-16(10-20-14)11-26-13-19(4-3-18(26)27)5-7-25(8-6-19)12-17-22-15(2)23-24-17/h9-10H,3-8,11-13H2,1-2H3,(H,22,23,24). The quantitative estimate of drug-likeness (QED) is 0.881. The molecule has 1 amide bonds. The summed E-state index contributed by atoms with van der Waals surface area (Å²) in [6.07, 6.45) is 7.41. The maximum absolute atomic E-state index is 12.4. The topological polar surface area (TPSA) is 90.9 Å². The Balaban J connectivity index is 1.36. The lowest BCUT2D eigenvalue weighted by Crippen LogP contribution is -2.51. The average molecular weight is 369 g/mol. The van der Waals surface area contributed by atoms with E-state index in [2.05, 4.69) is 30.0 Å². The second kappa shape index (κ2) is 7.34. The van der Waals surface area contributed by atoms with Crippen molar-refractivity contribution in [2.24, 2.45) is 5.41 Å². The van der Waals surface area contributed by atoms with Gasteiger partial charge in [-0.1, -0.05) is 0 Å². The van der Waals surface area contributed by atoms with Crippen molar-refractivity contribution in [2.75, 3.05) is 19.6 Å². The number of hydrogen-bond acceptors (Lipinski definition) is 6. The van der Waals surface area contributed by atoms with Crippen LogP contribution in [-0.4, -0.2) is 60.5 Å². The van der Waals surface area contributed by atoms with Crippen LogP contribution in [0.5, 0.6) is 0 Å². The Morgan fingerprint density at radius 3 is 2.59 bits per heavy atom. The molecule has 4 rings (SSSR count). The molecule has 27 heavy (non-hydrogen) atoms. The van der Waals surface area contributed by atoms with Gasteiger partial charge in [0.15, 0.2) is 5.82 Å². The first kappa shape index (κ1) is 18.0. The average Bonchev–Trinajstić information content (AvgIpc) is 3.07. The monoisotopic (exact) mass is 369 g/mol. The van der Waals surface area contributed by atoms with Crippen molar-refractivity contribution in [2.45, 2.75) is 52.6 Å². The van der Waals surface area contributed by atoms with Gasteiger partial charge in [0.1, 0.15) is 5.82 Å². The van der Waals surface area contributed by atoms with Crippen LogP contribution < -0.4 is 0 Å². The van der Waals surface area contributed by atoms with Crippen LogP contribution in [0.1, 0.15) is 48.7 Å². The van der Waals surface area contributed by atoms with E-state index in [0.29, 0.717) is 13.0 Å². The number of H-pyrrole nitrogens is 1. The molecule has 0 unspecified atom stereocenters. The molecule has 0 bridgehead atoms. The number of rotatable bonds is 4. The number of hydrogen-bond donors (Lipinski definition) is 1. The summed E-state index contributed by atoms with van der Waals surface area (Å²) < 4.78 is 0. The van der Waals surface area contributed by atoms with Crippen LogP contribution in [0.4, 0.5) is 0 Å². The first-order valence-electron chi connectivity index (χ1n) is 9.67. The molecule has 0 aliphatic carbocycles. The smallest absolute Gasteiger partial charge is 0.222 e. The number of nitrogens with zero attached hydrogens (tertiary/aromatic N) is 6. The molecule has 0 radical (unpaired) electrons. The number of aryl methyl sites for hydroxylation is 2. The number of carbonyl (C=O) groups excluding carboxylic acids is 1. The molecule has 1 spiro atoms. The molecule has 2 aliphatic heterocycles. The fourth-order valence-electron chi connectivity index (χ4n) is 4.20. The van der Waals surface area contributed by atoms with E-state index in [1.807, 2.05) is 18.7 Å². The highest BCUT2D eigenvalue weighted by Gasteiger charge is 2.41. The van der Waals surface area contributed by atoms with Crippen LogP contribution >= 0.6 is 0 Å². The molecular formula is C19H27N7O. The van der Waals surface area contributed by atoms with Crippen molar-refractivity contribution in [1.29, 1.82) is 0 Å². The third-order valence-corrected chi connectivity index (χ3v) is 5.86. The molecule has 144 valence electrons. The summed E-state index contributed by atoms with van der Waals surface area (Å²) in [4.78, 5) is 30.0. The summed E-state index contributed by atoms with van der Waals surface area (Å²) >= 11 is 0. The van der Waals surface area contributed by atoms with Crippen molar-refractivity contribution in [3.05, 3.63) is 35.4 Å². The van der Waals surface area contributed by atoms with Crippen molar-refractivity contribution in [1.82, 2.24) is 34.9 Å². The molecule has 2 saturated heterocycles. The SMILES string of the molecule is Cc1cnc(CN2CC3(CCC2=O)CCN(Cc2n[nH]c(C)n2)CC3)cn1. The molecule has 2 aromatic rings. The molecule has 0 aromatic carbocycles. The third kappa shape index (κ3) is 4.16. The first-order chi connectivity index (χ1) is 13.0. The van der Waals surface area contributed by atoms with E-state index in [9.17, 15) is 4.79 Å². The maximum atomic E-state index is 12.4. The van der Waals surface area contributed by atoms with Crippen LogP contribution in [0.25, 0.3) is 0 Å². The lowest BCUT2D eigenvalue weighted by molar-refractivity contribution is -0.140. The van der Waals surface area contributed by atoms with Gasteiger partial charge in [-0.25, -0.2) is 4.98 Å². The van der Waals surface area contributed by atoms with Crippen molar-refractivity contribution in [3.63, 3.8) is 0 Å². The summed E-state index contributed by atoms with van der Waals surface area (Å²) in [6, 6.07) is 0. The summed E-state index contributed by atoms with van der Waals surface area (Å²) in [7, 11) is 0.